The average Bonchev–Trinajstić information content (AvgIpc) is 3.26. The first-order valence-corrected chi connectivity index (χ1v) is 9.06. The molecule has 4 heterocycles. The van der Waals surface area contributed by atoms with E-state index < -0.39 is 0 Å². The molecule has 7 nitrogen and oxygen atoms in total. The maximum absolute atomic E-state index is 12.6. The number of hydrogen-bond donors (Lipinski definition) is 0. The molecule has 7 heteroatoms. The van der Waals surface area contributed by atoms with E-state index in [1.807, 2.05) is 25.3 Å². The molecular formula is C20H23N5O2. The summed E-state index contributed by atoms with van der Waals surface area (Å²) in [6.07, 6.45) is 5.76. The molecule has 27 heavy (non-hydrogen) atoms. The van der Waals surface area contributed by atoms with Gasteiger partial charge < -0.3 is 13.9 Å². The number of hydrogen-bond acceptors (Lipinski definition) is 5. The second-order valence-electron chi connectivity index (χ2n) is 7.01. The molecule has 4 rings (SSSR count). The van der Waals surface area contributed by atoms with E-state index in [2.05, 4.69) is 33.8 Å². The van der Waals surface area contributed by atoms with Crippen molar-refractivity contribution in [2.45, 2.75) is 33.1 Å². The third kappa shape index (κ3) is 3.93. The molecule has 0 N–H and O–H groups in total. The SMILES string of the molecule is Cc1ccc(C(=O)N2CCn3cc(CN(C)Cc4cccnc4)nc3C2)o1. The molecule has 0 unspecified atom stereocenters. The van der Waals surface area contributed by atoms with E-state index in [9.17, 15) is 4.79 Å². The van der Waals surface area contributed by atoms with Crippen molar-refractivity contribution >= 4 is 5.91 Å². The monoisotopic (exact) mass is 365 g/mol. The fourth-order valence-corrected chi connectivity index (χ4v) is 3.40. The molecule has 0 aliphatic carbocycles. The molecule has 0 atom stereocenters. The molecule has 0 spiro atoms. The van der Waals surface area contributed by atoms with E-state index in [1.54, 1.807) is 17.2 Å². The quantitative estimate of drug-likeness (QED) is 0.695. The molecule has 140 valence electrons. The molecule has 3 aromatic heterocycles. The van der Waals surface area contributed by atoms with Gasteiger partial charge in [0.25, 0.3) is 5.91 Å². The van der Waals surface area contributed by atoms with Gasteiger partial charge in [0.1, 0.15) is 11.6 Å². The van der Waals surface area contributed by atoms with Crippen LogP contribution in [0.2, 0.25) is 0 Å². The number of amides is 1. The Hall–Kier alpha value is -2.93. The molecule has 0 saturated carbocycles. The van der Waals surface area contributed by atoms with Crippen molar-refractivity contribution in [3.8, 4) is 0 Å². The summed E-state index contributed by atoms with van der Waals surface area (Å²) in [5, 5.41) is 0. The zero-order chi connectivity index (χ0) is 18.8. The van der Waals surface area contributed by atoms with Crippen molar-refractivity contribution < 1.29 is 9.21 Å². The van der Waals surface area contributed by atoms with Crippen LogP contribution in [0.3, 0.4) is 0 Å². The first-order chi connectivity index (χ1) is 13.1. The van der Waals surface area contributed by atoms with Crippen molar-refractivity contribution in [2.24, 2.45) is 0 Å². The number of fused-ring (bicyclic) bond motifs is 1. The number of rotatable bonds is 5. The summed E-state index contributed by atoms with van der Waals surface area (Å²) in [7, 11) is 2.07. The highest BCUT2D eigenvalue weighted by atomic mass is 16.3. The highest BCUT2D eigenvalue weighted by Crippen LogP contribution is 2.18. The van der Waals surface area contributed by atoms with Gasteiger partial charge in [-0.25, -0.2) is 4.98 Å². The van der Waals surface area contributed by atoms with Crippen molar-refractivity contribution in [2.75, 3.05) is 13.6 Å². The van der Waals surface area contributed by atoms with Gasteiger partial charge in [0.15, 0.2) is 5.76 Å². The van der Waals surface area contributed by atoms with Gasteiger partial charge in [-0.15, -0.1) is 0 Å². The van der Waals surface area contributed by atoms with Crippen molar-refractivity contribution in [1.82, 2.24) is 24.3 Å². The maximum atomic E-state index is 12.6. The molecule has 0 saturated heterocycles. The Labute approximate surface area is 158 Å². The molecule has 1 aliphatic rings. The Morgan fingerprint density at radius 2 is 2.15 bits per heavy atom. The first kappa shape index (κ1) is 17.5. The van der Waals surface area contributed by atoms with Crippen molar-refractivity contribution in [3.63, 3.8) is 0 Å². The summed E-state index contributed by atoms with van der Waals surface area (Å²) in [5.41, 5.74) is 2.19. The van der Waals surface area contributed by atoms with Crippen LogP contribution in [0.5, 0.6) is 0 Å². The molecule has 0 fully saturated rings. The summed E-state index contributed by atoms with van der Waals surface area (Å²) >= 11 is 0. The molecule has 0 radical (unpaired) electrons. The van der Waals surface area contributed by atoms with Crippen LogP contribution in [-0.4, -0.2) is 43.8 Å². The standard InChI is InChI=1S/C20H23N5O2/c1-15-5-6-18(27-15)20(26)25-9-8-24-13-17(22-19(24)14-25)12-23(2)11-16-4-3-7-21-10-16/h3-7,10,13H,8-9,11-12,14H2,1-2H3. The molecule has 0 bridgehead atoms. The molecule has 3 aromatic rings. The Morgan fingerprint density at radius 1 is 1.26 bits per heavy atom. The zero-order valence-electron chi connectivity index (χ0n) is 15.6. The van der Waals surface area contributed by atoms with Crippen molar-refractivity contribution in [1.29, 1.82) is 0 Å². The lowest BCUT2D eigenvalue weighted by Crippen LogP contribution is -2.38. The molecular weight excluding hydrogens is 342 g/mol. The predicted octanol–water partition coefficient (Wildman–Crippen LogP) is 2.47. The van der Waals surface area contributed by atoms with E-state index in [0.29, 0.717) is 18.8 Å². The first-order valence-electron chi connectivity index (χ1n) is 9.06. The average molecular weight is 365 g/mol. The summed E-state index contributed by atoms with van der Waals surface area (Å²) in [5.74, 6) is 1.98. The van der Waals surface area contributed by atoms with Gasteiger partial charge in [-0.1, -0.05) is 6.07 Å². The van der Waals surface area contributed by atoms with Crippen LogP contribution in [0.1, 0.15) is 33.4 Å². The molecule has 0 aromatic carbocycles. The van der Waals surface area contributed by atoms with E-state index in [1.165, 1.54) is 5.56 Å². The number of pyridine rings is 1. The van der Waals surface area contributed by atoms with Crippen LogP contribution in [0.15, 0.2) is 47.3 Å². The Bertz CT molecular complexity index is 931. The largest absolute Gasteiger partial charge is 0.456 e. The number of furan rings is 1. The summed E-state index contributed by atoms with van der Waals surface area (Å²) in [6.45, 7) is 5.32. The maximum Gasteiger partial charge on any atom is 0.290 e. The molecule has 1 amide bonds. The van der Waals surface area contributed by atoms with Crippen LogP contribution in [0.25, 0.3) is 0 Å². The topological polar surface area (TPSA) is 67.4 Å². The summed E-state index contributed by atoms with van der Waals surface area (Å²) in [4.78, 5) is 25.5. The number of aryl methyl sites for hydroxylation is 1. The summed E-state index contributed by atoms with van der Waals surface area (Å²) in [6, 6.07) is 7.57. The van der Waals surface area contributed by atoms with E-state index >= 15 is 0 Å². The van der Waals surface area contributed by atoms with Crippen LogP contribution in [-0.2, 0) is 26.2 Å². The predicted molar refractivity (Wildman–Crippen MR) is 99.8 cm³/mol. The number of carbonyl (C=O) groups is 1. The van der Waals surface area contributed by atoms with Crippen LogP contribution in [0, 0.1) is 6.92 Å². The third-order valence-corrected chi connectivity index (χ3v) is 4.70. The lowest BCUT2D eigenvalue weighted by Gasteiger charge is -2.26. The van der Waals surface area contributed by atoms with Crippen molar-refractivity contribution in [3.05, 3.63) is 71.5 Å². The number of nitrogens with zero attached hydrogens (tertiary/aromatic N) is 5. The van der Waals surface area contributed by atoms with Crippen LogP contribution in [0.4, 0.5) is 0 Å². The Morgan fingerprint density at radius 3 is 2.89 bits per heavy atom. The van der Waals surface area contributed by atoms with Gasteiger partial charge in [0.2, 0.25) is 0 Å². The lowest BCUT2D eigenvalue weighted by molar-refractivity contribution is 0.0673. The molecule has 1 aliphatic heterocycles. The van der Waals surface area contributed by atoms with Gasteiger partial charge in [-0.05, 0) is 37.7 Å². The van der Waals surface area contributed by atoms with Crippen LogP contribution < -0.4 is 0 Å². The number of imidazole rings is 1. The highest BCUT2D eigenvalue weighted by Gasteiger charge is 2.25. The van der Waals surface area contributed by atoms with E-state index in [-0.39, 0.29) is 5.91 Å². The zero-order valence-corrected chi connectivity index (χ0v) is 15.6. The number of aromatic nitrogens is 3. The van der Waals surface area contributed by atoms with E-state index in [0.717, 1.165) is 36.9 Å². The highest BCUT2D eigenvalue weighted by molar-refractivity contribution is 5.91. The third-order valence-electron chi connectivity index (χ3n) is 4.70. The second kappa shape index (κ2) is 7.36. The minimum absolute atomic E-state index is 0.0763. The second-order valence-corrected chi connectivity index (χ2v) is 7.01. The Balaban J connectivity index is 1.40. The Kier molecular flexibility index (Phi) is 4.77. The fraction of sp³-hybridized carbons (Fsp3) is 0.350. The van der Waals surface area contributed by atoms with Crippen LogP contribution >= 0.6 is 0 Å². The minimum Gasteiger partial charge on any atom is -0.456 e. The smallest absolute Gasteiger partial charge is 0.290 e. The summed E-state index contributed by atoms with van der Waals surface area (Å²) < 4.78 is 7.61. The lowest BCUT2D eigenvalue weighted by atomic mass is 10.2. The van der Waals surface area contributed by atoms with Gasteiger partial charge in [-0.3, -0.25) is 14.7 Å². The van der Waals surface area contributed by atoms with Gasteiger partial charge in [-0.2, -0.15) is 0 Å². The number of carbonyl (C=O) groups excluding carboxylic acids is 1. The minimum atomic E-state index is -0.0763. The fourth-order valence-electron chi connectivity index (χ4n) is 3.40. The van der Waals surface area contributed by atoms with Gasteiger partial charge >= 0.3 is 0 Å². The van der Waals surface area contributed by atoms with Gasteiger partial charge in [0.05, 0.1) is 12.2 Å². The van der Waals surface area contributed by atoms with Gasteiger partial charge in [0, 0.05) is 44.8 Å². The van der Waals surface area contributed by atoms with E-state index in [4.69, 9.17) is 9.40 Å². The normalized spacial score (nSPS) is 13.8.